The van der Waals surface area contributed by atoms with Crippen LogP contribution in [-0.2, 0) is 0 Å². The molecule has 0 unspecified atom stereocenters. The van der Waals surface area contributed by atoms with Crippen LogP contribution in [0.1, 0.15) is 37.6 Å². The average Bonchev–Trinajstić information content (AvgIpc) is 2.78. The molecule has 3 nitrogen and oxygen atoms in total. The van der Waals surface area contributed by atoms with Gasteiger partial charge in [0.15, 0.2) is 0 Å². The zero-order chi connectivity index (χ0) is 13.2. The predicted octanol–water partition coefficient (Wildman–Crippen LogP) is 2.29. The Bertz CT molecular complexity index is 408. The molecule has 0 bridgehead atoms. The number of amides is 1. The molecule has 0 aromatic heterocycles. The van der Waals surface area contributed by atoms with E-state index in [0.717, 1.165) is 25.1 Å². The van der Waals surface area contributed by atoms with Gasteiger partial charge < -0.3 is 5.32 Å². The van der Waals surface area contributed by atoms with E-state index in [1.54, 1.807) is 0 Å². The maximum atomic E-state index is 12.0. The standard InChI is InChI=1S/C15H22N2O/c1-15(2,3)17-10-9-13(11-17)16-14(18)12-7-5-4-6-8-12/h4-8,13H,9-11H2,1-3H3,(H,16,18)/t13-/m0/s1. The molecule has 1 aliphatic rings. The predicted molar refractivity (Wildman–Crippen MR) is 73.6 cm³/mol. The number of hydrogen-bond acceptors (Lipinski definition) is 2. The van der Waals surface area contributed by atoms with Crippen LogP contribution >= 0.6 is 0 Å². The summed E-state index contributed by atoms with van der Waals surface area (Å²) in [5, 5.41) is 3.12. The minimum atomic E-state index is 0.0383. The molecular formula is C15H22N2O. The highest BCUT2D eigenvalue weighted by Gasteiger charge is 2.30. The first-order valence-electron chi connectivity index (χ1n) is 6.58. The molecule has 1 aromatic rings. The number of nitrogens with zero attached hydrogens (tertiary/aromatic N) is 1. The van der Waals surface area contributed by atoms with Gasteiger partial charge in [0.05, 0.1) is 0 Å². The van der Waals surface area contributed by atoms with Crippen LogP contribution in [0.4, 0.5) is 0 Å². The molecule has 3 heteroatoms. The van der Waals surface area contributed by atoms with Gasteiger partial charge in [0.2, 0.25) is 0 Å². The molecule has 98 valence electrons. The van der Waals surface area contributed by atoms with Crippen molar-refractivity contribution < 1.29 is 4.79 Å². The molecule has 1 atom stereocenters. The van der Waals surface area contributed by atoms with E-state index in [0.29, 0.717) is 0 Å². The molecule has 1 aromatic carbocycles. The molecule has 0 saturated carbocycles. The van der Waals surface area contributed by atoms with Crippen LogP contribution in [0.25, 0.3) is 0 Å². The summed E-state index contributed by atoms with van der Waals surface area (Å²) in [6.07, 6.45) is 1.04. The summed E-state index contributed by atoms with van der Waals surface area (Å²) in [6.45, 7) is 8.66. The zero-order valence-electron chi connectivity index (χ0n) is 11.4. The molecule has 1 heterocycles. The Labute approximate surface area is 109 Å². The first-order valence-corrected chi connectivity index (χ1v) is 6.58. The molecule has 0 spiro atoms. The fourth-order valence-electron chi connectivity index (χ4n) is 2.35. The van der Waals surface area contributed by atoms with Gasteiger partial charge in [-0.1, -0.05) is 18.2 Å². The van der Waals surface area contributed by atoms with E-state index in [9.17, 15) is 4.79 Å². The Morgan fingerprint density at radius 1 is 1.28 bits per heavy atom. The largest absolute Gasteiger partial charge is 0.348 e. The Balaban J connectivity index is 1.91. The lowest BCUT2D eigenvalue weighted by Crippen LogP contribution is -2.43. The van der Waals surface area contributed by atoms with Crippen LogP contribution in [0.15, 0.2) is 30.3 Å². The number of hydrogen-bond donors (Lipinski definition) is 1. The van der Waals surface area contributed by atoms with Crippen molar-refractivity contribution in [1.82, 2.24) is 10.2 Å². The summed E-state index contributed by atoms with van der Waals surface area (Å²) in [4.78, 5) is 14.4. The highest BCUT2D eigenvalue weighted by Crippen LogP contribution is 2.20. The van der Waals surface area contributed by atoms with Crippen molar-refractivity contribution in [3.63, 3.8) is 0 Å². The summed E-state index contributed by atoms with van der Waals surface area (Å²) >= 11 is 0. The smallest absolute Gasteiger partial charge is 0.251 e. The van der Waals surface area contributed by atoms with Gasteiger partial charge in [0, 0.05) is 30.2 Å². The topological polar surface area (TPSA) is 32.3 Å². The third-order valence-electron chi connectivity index (χ3n) is 3.51. The maximum Gasteiger partial charge on any atom is 0.251 e. The van der Waals surface area contributed by atoms with Crippen LogP contribution in [0.2, 0.25) is 0 Å². The highest BCUT2D eigenvalue weighted by atomic mass is 16.1. The third kappa shape index (κ3) is 3.10. The molecule has 1 N–H and O–H groups in total. The SMILES string of the molecule is CC(C)(C)N1CC[C@H](NC(=O)c2ccccc2)C1. The van der Waals surface area contributed by atoms with E-state index >= 15 is 0 Å². The number of benzene rings is 1. The second-order valence-corrected chi connectivity index (χ2v) is 5.94. The van der Waals surface area contributed by atoms with Gasteiger partial charge in [-0.05, 0) is 39.3 Å². The van der Waals surface area contributed by atoms with Gasteiger partial charge >= 0.3 is 0 Å². The molecule has 1 saturated heterocycles. The molecule has 1 fully saturated rings. The van der Waals surface area contributed by atoms with Crippen LogP contribution in [0.5, 0.6) is 0 Å². The number of carbonyl (C=O) groups excluding carboxylic acids is 1. The van der Waals surface area contributed by atoms with E-state index < -0.39 is 0 Å². The summed E-state index contributed by atoms with van der Waals surface area (Å²) in [6, 6.07) is 9.69. The first kappa shape index (κ1) is 13.1. The van der Waals surface area contributed by atoms with Crippen molar-refractivity contribution in [2.45, 2.75) is 38.8 Å². The van der Waals surface area contributed by atoms with E-state index in [4.69, 9.17) is 0 Å². The van der Waals surface area contributed by atoms with E-state index in [1.165, 1.54) is 0 Å². The van der Waals surface area contributed by atoms with Gasteiger partial charge in [-0.2, -0.15) is 0 Å². The normalized spacial score (nSPS) is 20.9. The Kier molecular flexibility index (Phi) is 3.71. The van der Waals surface area contributed by atoms with E-state index in [2.05, 4.69) is 31.0 Å². The van der Waals surface area contributed by atoms with Gasteiger partial charge in [0.1, 0.15) is 0 Å². The molecule has 18 heavy (non-hydrogen) atoms. The van der Waals surface area contributed by atoms with Gasteiger partial charge in [-0.15, -0.1) is 0 Å². The quantitative estimate of drug-likeness (QED) is 0.868. The second-order valence-electron chi connectivity index (χ2n) is 5.94. The third-order valence-corrected chi connectivity index (χ3v) is 3.51. The highest BCUT2D eigenvalue weighted by molar-refractivity contribution is 5.94. The lowest BCUT2D eigenvalue weighted by atomic mass is 10.1. The number of carbonyl (C=O) groups is 1. The summed E-state index contributed by atoms with van der Waals surface area (Å²) in [7, 11) is 0. The zero-order valence-corrected chi connectivity index (χ0v) is 11.4. The summed E-state index contributed by atoms with van der Waals surface area (Å²) < 4.78 is 0. The van der Waals surface area contributed by atoms with Crippen molar-refractivity contribution in [3.8, 4) is 0 Å². The molecule has 0 radical (unpaired) electrons. The number of nitrogens with one attached hydrogen (secondary N) is 1. The first-order chi connectivity index (χ1) is 8.47. The van der Waals surface area contributed by atoms with Crippen LogP contribution in [0.3, 0.4) is 0 Å². The number of likely N-dealkylation sites (tertiary alicyclic amines) is 1. The van der Waals surface area contributed by atoms with Crippen LogP contribution in [0, 0.1) is 0 Å². The minimum Gasteiger partial charge on any atom is -0.348 e. The molecular weight excluding hydrogens is 224 g/mol. The van der Waals surface area contributed by atoms with Gasteiger partial charge in [0.25, 0.3) is 5.91 Å². The molecule has 1 aliphatic heterocycles. The second kappa shape index (κ2) is 5.11. The summed E-state index contributed by atoms with van der Waals surface area (Å²) in [5.41, 5.74) is 0.929. The van der Waals surface area contributed by atoms with Crippen LogP contribution in [-0.4, -0.2) is 35.5 Å². The van der Waals surface area contributed by atoms with Crippen molar-refractivity contribution in [2.24, 2.45) is 0 Å². The lowest BCUT2D eigenvalue weighted by molar-refractivity contribution is 0.0932. The fourth-order valence-corrected chi connectivity index (χ4v) is 2.35. The Morgan fingerprint density at radius 3 is 2.50 bits per heavy atom. The van der Waals surface area contributed by atoms with E-state index in [1.807, 2.05) is 30.3 Å². The average molecular weight is 246 g/mol. The maximum absolute atomic E-state index is 12.0. The molecule has 1 amide bonds. The Hall–Kier alpha value is -1.35. The van der Waals surface area contributed by atoms with Crippen molar-refractivity contribution in [1.29, 1.82) is 0 Å². The van der Waals surface area contributed by atoms with Gasteiger partial charge in [-0.3, -0.25) is 9.69 Å². The summed E-state index contributed by atoms with van der Waals surface area (Å²) in [5.74, 6) is 0.0383. The van der Waals surface area contributed by atoms with Crippen molar-refractivity contribution in [2.75, 3.05) is 13.1 Å². The number of rotatable bonds is 2. The molecule has 0 aliphatic carbocycles. The fraction of sp³-hybridized carbons (Fsp3) is 0.533. The van der Waals surface area contributed by atoms with Crippen molar-refractivity contribution in [3.05, 3.63) is 35.9 Å². The lowest BCUT2D eigenvalue weighted by Gasteiger charge is -2.31. The monoisotopic (exact) mass is 246 g/mol. The van der Waals surface area contributed by atoms with Crippen LogP contribution < -0.4 is 5.32 Å². The van der Waals surface area contributed by atoms with E-state index in [-0.39, 0.29) is 17.5 Å². The minimum absolute atomic E-state index is 0.0383. The van der Waals surface area contributed by atoms with Gasteiger partial charge in [-0.25, -0.2) is 0 Å². The molecule has 2 rings (SSSR count). The Morgan fingerprint density at radius 2 is 1.94 bits per heavy atom. The van der Waals surface area contributed by atoms with Crippen molar-refractivity contribution >= 4 is 5.91 Å².